The van der Waals surface area contributed by atoms with Crippen molar-refractivity contribution in [2.24, 2.45) is 67.2 Å². The Bertz CT molecular complexity index is 2280. The summed E-state index contributed by atoms with van der Waals surface area (Å²) in [6.45, 7) is 23.6. The van der Waals surface area contributed by atoms with Crippen molar-refractivity contribution in [2.75, 3.05) is 13.2 Å². The molecule has 364 valence electrons. The number of carboxylic acids is 1. The largest absolute Gasteiger partial charge is 0.481 e. The fourth-order valence-corrected chi connectivity index (χ4v) is 15.1. The van der Waals surface area contributed by atoms with E-state index in [0.717, 1.165) is 64.2 Å². The monoisotopic (exact) mass is 921 g/mol. The first-order valence-corrected chi connectivity index (χ1v) is 24.3. The summed E-state index contributed by atoms with van der Waals surface area (Å²) in [6.07, 6.45) is 9.20. The Labute approximate surface area is 387 Å². The van der Waals surface area contributed by atoms with Crippen molar-refractivity contribution in [3.05, 3.63) is 44.8 Å². The summed E-state index contributed by atoms with van der Waals surface area (Å²) in [5.41, 5.74) is 6.13. The molecule has 2 heterocycles. The maximum atomic E-state index is 13.4. The van der Waals surface area contributed by atoms with Crippen molar-refractivity contribution in [1.82, 2.24) is 14.5 Å². The Kier molecular flexibility index (Phi) is 13.4. The number of fused-ring (bicyclic) bond motifs is 7. The van der Waals surface area contributed by atoms with Crippen LogP contribution in [-0.4, -0.2) is 70.0 Å². The summed E-state index contributed by atoms with van der Waals surface area (Å²) in [7, 11) is 0. The summed E-state index contributed by atoms with van der Waals surface area (Å²) < 4.78 is 25.0. The van der Waals surface area contributed by atoms with E-state index in [2.05, 4.69) is 63.1 Å². The van der Waals surface area contributed by atoms with Crippen LogP contribution in [0.15, 0.2) is 33.1 Å². The van der Waals surface area contributed by atoms with E-state index in [1.807, 2.05) is 0 Å². The molecule has 0 spiro atoms. The lowest BCUT2D eigenvalue weighted by Crippen LogP contribution is -2.67. The van der Waals surface area contributed by atoms with Gasteiger partial charge in [-0.05, 0) is 138 Å². The third-order valence-electron chi connectivity index (χ3n) is 18.9. The highest BCUT2D eigenvalue weighted by Gasteiger charge is 2.71. The molecule has 5 aliphatic carbocycles. The molecule has 0 radical (unpaired) electrons. The fraction of sp³-hybridized carbons (Fsp3) is 0.800. The van der Waals surface area contributed by atoms with Gasteiger partial charge in [-0.15, -0.1) is 0 Å². The molecule has 0 amide bonds. The van der Waals surface area contributed by atoms with Crippen LogP contribution in [0.25, 0.3) is 0 Å². The smallest absolute Gasteiger partial charge is 0.330 e. The Morgan fingerprint density at radius 2 is 1.64 bits per heavy atom. The van der Waals surface area contributed by atoms with Gasteiger partial charge in [-0.3, -0.25) is 33.5 Å². The number of hydrogen-bond acceptors (Lipinski definition) is 12. The van der Waals surface area contributed by atoms with Crippen LogP contribution < -0.4 is 16.2 Å². The number of nitrogens with zero attached hydrogens (tertiary/aromatic N) is 3. The zero-order valence-electron chi connectivity index (χ0n) is 40.7. The maximum absolute atomic E-state index is 13.4. The molecule has 13 atom stereocenters. The van der Waals surface area contributed by atoms with Gasteiger partial charge in [0.05, 0.1) is 31.3 Å². The number of esters is 3. The van der Waals surface area contributed by atoms with Crippen LogP contribution in [0.4, 0.5) is 0 Å². The van der Waals surface area contributed by atoms with Crippen LogP contribution in [0.3, 0.4) is 0 Å². The van der Waals surface area contributed by atoms with E-state index in [4.69, 9.17) is 24.5 Å². The first-order chi connectivity index (χ1) is 30.8. The van der Waals surface area contributed by atoms with E-state index in [-0.39, 0.29) is 65.5 Å². The van der Waals surface area contributed by atoms with Crippen molar-refractivity contribution in [3.8, 4) is 0 Å². The summed E-state index contributed by atoms with van der Waals surface area (Å²) in [5.74, 6) is -0.606. The van der Waals surface area contributed by atoms with Gasteiger partial charge in [0.15, 0.2) is 6.04 Å². The standard InChI is InChI=1S/C50H73N5O11/c1-28(2)30-15-20-50(27-64-39(57)14-13-38(56)63-26-33-32(53-54-51)23-37(65-33)55-25-29(3)42(59)52-44(55)62)22-21-48(9)31(41(30)50)11-12-35-47(8)18-17-36(66-40(58)24-45(4,5)43(60)61)46(6,7)34(47)16-19-49(35,48)10/h25,30-37,41,51H,1,11-24,26-27H2,2-10H3,(H-,52,59,60,61,62)/p+1/t30-,31+,32?,33?,34-,35+,36-,37?,41+,47-,48+,49+,50+/m0/s1. The second-order valence-electron chi connectivity index (χ2n) is 23.2. The number of ether oxygens (including phenoxy) is 4. The highest BCUT2D eigenvalue weighted by Crippen LogP contribution is 2.77. The van der Waals surface area contributed by atoms with Gasteiger partial charge in [0.1, 0.15) is 35.7 Å². The fourth-order valence-electron chi connectivity index (χ4n) is 15.1. The van der Waals surface area contributed by atoms with Gasteiger partial charge >= 0.3 is 29.6 Å². The molecule has 6 aliphatic rings. The van der Waals surface area contributed by atoms with E-state index in [1.165, 1.54) is 16.3 Å². The van der Waals surface area contributed by atoms with E-state index in [1.54, 1.807) is 20.8 Å². The number of aromatic amines is 1. The molecule has 66 heavy (non-hydrogen) atoms. The van der Waals surface area contributed by atoms with Crippen molar-refractivity contribution in [3.63, 3.8) is 0 Å². The summed E-state index contributed by atoms with van der Waals surface area (Å²) in [4.78, 5) is 81.1. The van der Waals surface area contributed by atoms with Crippen LogP contribution in [0.1, 0.15) is 157 Å². The second kappa shape index (κ2) is 17.9. The number of aromatic nitrogens is 2. The third kappa shape index (κ3) is 8.55. The molecule has 1 aliphatic heterocycles. The minimum absolute atomic E-state index is 0.0500. The van der Waals surface area contributed by atoms with Gasteiger partial charge in [-0.25, -0.2) is 4.79 Å². The molecule has 0 aromatic carbocycles. The summed E-state index contributed by atoms with van der Waals surface area (Å²) >= 11 is 0. The zero-order chi connectivity index (χ0) is 48.4. The van der Waals surface area contributed by atoms with Gasteiger partial charge in [0.25, 0.3) is 5.56 Å². The Morgan fingerprint density at radius 1 is 0.939 bits per heavy atom. The number of carbonyl (C=O) groups is 4. The first-order valence-electron chi connectivity index (χ1n) is 24.3. The highest BCUT2D eigenvalue weighted by atomic mass is 16.6. The third-order valence-corrected chi connectivity index (χ3v) is 18.9. The highest BCUT2D eigenvalue weighted by molar-refractivity contribution is 5.81. The number of aryl methyl sites for hydroxylation is 1. The summed E-state index contributed by atoms with van der Waals surface area (Å²) in [6, 6.07) is -0.670. The van der Waals surface area contributed by atoms with Crippen molar-refractivity contribution >= 4 is 23.9 Å². The average molecular weight is 921 g/mol. The molecule has 3 N–H and O–H groups in total. The zero-order valence-corrected chi connectivity index (χ0v) is 40.7. The lowest BCUT2D eigenvalue weighted by molar-refractivity contribution is -0.252. The number of carboxylic acid groups (broad SMARTS) is 1. The Balaban J connectivity index is 0.979. The number of hydrogen-bond donors (Lipinski definition) is 3. The Morgan fingerprint density at radius 3 is 2.30 bits per heavy atom. The predicted octanol–water partition coefficient (Wildman–Crippen LogP) is 7.99. The lowest BCUT2D eigenvalue weighted by atomic mass is 9.32. The van der Waals surface area contributed by atoms with Crippen LogP contribution in [-0.2, 0) is 38.1 Å². The SMILES string of the molecule is C=C(C)[C@@H]1CC[C@]2(COC(=O)CCC(=O)OCC3OC(n4cc(C)c(=O)[nH]c4=O)CC3N=[N+]=N)CC[C@]3(C)[C@H](CC[C@@H]4[C@@]5(C)CC[C@H](OC(=O)CC(C)(C)C(=O)O)C(C)(C)[C@@H]5CC[C@]43C)[C@@H]12. The number of nitrogens with one attached hydrogen (secondary N) is 2. The van der Waals surface area contributed by atoms with Gasteiger partial charge < -0.3 is 24.1 Å². The number of rotatable bonds is 14. The minimum atomic E-state index is -1.19. The van der Waals surface area contributed by atoms with Gasteiger partial charge in [-0.2, -0.15) is 0 Å². The van der Waals surface area contributed by atoms with E-state index in [0.29, 0.717) is 41.8 Å². The van der Waals surface area contributed by atoms with Crippen LogP contribution in [0, 0.1) is 74.5 Å². The normalized spacial score (nSPS) is 37.7. The van der Waals surface area contributed by atoms with Gasteiger partial charge in [-0.1, -0.05) is 46.8 Å². The van der Waals surface area contributed by atoms with Crippen molar-refractivity contribution in [1.29, 1.82) is 5.53 Å². The molecule has 16 nitrogen and oxygen atoms in total. The van der Waals surface area contributed by atoms with E-state index >= 15 is 0 Å². The van der Waals surface area contributed by atoms with E-state index in [9.17, 15) is 33.9 Å². The molecule has 5 saturated carbocycles. The number of H-pyrrole nitrogens is 1. The molecule has 6 fully saturated rings. The molecule has 0 bridgehead atoms. The first kappa shape index (κ1) is 49.5. The molecule has 7 rings (SSSR count). The summed E-state index contributed by atoms with van der Waals surface area (Å²) in [5, 5.41) is 13.5. The molecule has 1 saturated heterocycles. The van der Waals surface area contributed by atoms with Crippen molar-refractivity contribution in [2.45, 2.75) is 177 Å². The molecule has 3 unspecified atom stereocenters. The molecule has 1 aromatic heterocycles. The molecular weight excluding hydrogens is 847 g/mol. The predicted molar refractivity (Wildman–Crippen MR) is 242 cm³/mol. The van der Waals surface area contributed by atoms with Crippen LogP contribution in [0.2, 0.25) is 0 Å². The van der Waals surface area contributed by atoms with Crippen molar-refractivity contribution < 1.29 is 43.2 Å². The minimum Gasteiger partial charge on any atom is -0.481 e. The number of carbonyl (C=O) groups excluding carboxylic acids is 3. The quantitative estimate of drug-likeness (QED) is 0.0532. The topological polar surface area (TPSA) is 231 Å². The van der Waals surface area contributed by atoms with E-state index < -0.39 is 58.9 Å². The Hall–Kier alpha value is -4.43. The van der Waals surface area contributed by atoms with Crippen LogP contribution in [0.5, 0.6) is 0 Å². The molecule has 16 heteroatoms. The number of aliphatic carboxylic acids is 1. The average Bonchev–Trinajstić information content (AvgIpc) is 3.83. The molecule has 1 aromatic rings. The number of allylic oxidation sites excluding steroid dienone is 1. The maximum Gasteiger partial charge on any atom is 0.330 e. The van der Waals surface area contributed by atoms with Crippen LogP contribution >= 0.6 is 0 Å². The molecular formula is C50H74N5O11+. The lowest BCUT2D eigenvalue weighted by Gasteiger charge is -2.73. The van der Waals surface area contributed by atoms with Gasteiger partial charge in [0, 0.05) is 29.0 Å². The second-order valence-corrected chi connectivity index (χ2v) is 23.2. The van der Waals surface area contributed by atoms with Gasteiger partial charge in [0.2, 0.25) is 4.91 Å².